The number of hydrogen-bond acceptors (Lipinski definition) is 6. The van der Waals surface area contributed by atoms with Gasteiger partial charge in [-0.15, -0.1) is 12.6 Å². The van der Waals surface area contributed by atoms with Crippen molar-refractivity contribution in [3.63, 3.8) is 0 Å². The maximum atomic E-state index is 10.4. The van der Waals surface area contributed by atoms with Gasteiger partial charge in [-0.2, -0.15) is 0 Å². The average Bonchev–Trinajstić information content (AvgIpc) is 2.12. The highest BCUT2D eigenvalue weighted by atomic mass is 32.1. The fourth-order valence-electron chi connectivity index (χ4n) is 0.615. The number of carbonyl (C=O) groups excluding carboxylic acids is 2. The van der Waals surface area contributed by atoms with E-state index >= 15 is 0 Å². The van der Waals surface area contributed by atoms with Gasteiger partial charge in [0.05, 0.1) is 0 Å². The number of hydrogen-bond donors (Lipinski definition) is 5. The van der Waals surface area contributed by atoms with Crippen molar-refractivity contribution in [2.75, 3.05) is 0 Å². The highest BCUT2D eigenvalue weighted by Crippen LogP contribution is 2.06. The van der Waals surface area contributed by atoms with Gasteiger partial charge < -0.3 is 25.2 Å². The molecule has 0 unspecified atom stereocenters. The molecule has 0 heterocycles. The van der Waals surface area contributed by atoms with Crippen LogP contribution in [0.1, 0.15) is 0 Å². The standard InChI is InChI=1S/C6H10O6S/c7-1-2(8)3(9)4(10)5(11)6(12)13/h1-5,8-11H,(H,12,13)/t2-,3+,4-,5+/m1/s1. The van der Waals surface area contributed by atoms with Crippen molar-refractivity contribution in [3.05, 3.63) is 0 Å². The molecule has 0 aliphatic heterocycles. The van der Waals surface area contributed by atoms with E-state index in [9.17, 15) is 9.59 Å². The zero-order valence-electron chi connectivity index (χ0n) is 6.44. The van der Waals surface area contributed by atoms with Crippen LogP contribution >= 0.6 is 12.6 Å². The van der Waals surface area contributed by atoms with Crippen LogP contribution in [0.25, 0.3) is 0 Å². The van der Waals surface area contributed by atoms with Crippen molar-refractivity contribution in [2.24, 2.45) is 0 Å². The van der Waals surface area contributed by atoms with E-state index in [0.717, 1.165) is 0 Å². The van der Waals surface area contributed by atoms with E-state index in [4.69, 9.17) is 20.4 Å². The molecule has 6 nitrogen and oxygen atoms in total. The summed E-state index contributed by atoms with van der Waals surface area (Å²) in [5.74, 6) is 0. The van der Waals surface area contributed by atoms with Crippen LogP contribution in [-0.2, 0) is 9.59 Å². The molecule has 0 radical (unpaired) electrons. The molecule has 0 bridgehead atoms. The van der Waals surface area contributed by atoms with Gasteiger partial charge in [-0.1, -0.05) is 0 Å². The van der Waals surface area contributed by atoms with Crippen LogP contribution in [0.15, 0.2) is 0 Å². The Hall–Kier alpha value is -0.470. The number of rotatable bonds is 5. The SMILES string of the molecule is O=C[C@@H](O)[C@H](O)[C@@H](O)[C@H](O)C(=O)S. The molecule has 0 spiro atoms. The lowest BCUT2D eigenvalue weighted by molar-refractivity contribution is -0.142. The van der Waals surface area contributed by atoms with E-state index in [1.54, 1.807) is 0 Å². The third kappa shape index (κ3) is 3.41. The molecule has 4 atom stereocenters. The molecule has 0 aromatic rings. The van der Waals surface area contributed by atoms with Crippen LogP contribution < -0.4 is 0 Å². The lowest BCUT2D eigenvalue weighted by Crippen LogP contribution is -2.47. The van der Waals surface area contributed by atoms with Gasteiger partial charge in [-0.3, -0.25) is 4.79 Å². The minimum absolute atomic E-state index is 0.0242. The minimum atomic E-state index is -1.94. The fourth-order valence-corrected chi connectivity index (χ4v) is 0.768. The van der Waals surface area contributed by atoms with E-state index in [1.165, 1.54) is 0 Å². The minimum Gasteiger partial charge on any atom is -0.387 e. The lowest BCUT2D eigenvalue weighted by Gasteiger charge is -2.21. The van der Waals surface area contributed by atoms with Gasteiger partial charge in [0.25, 0.3) is 0 Å². The number of aldehydes is 1. The molecule has 0 aliphatic rings. The van der Waals surface area contributed by atoms with Crippen molar-refractivity contribution in [1.82, 2.24) is 0 Å². The third-order valence-electron chi connectivity index (χ3n) is 1.42. The Morgan fingerprint density at radius 2 is 1.62 bits per heavy atom. The normalized spacial score (nSPS) is 20.1. The number of carbonyl (C=O) groups is 2. The fraction of sp³-hybridized carbons (Fsp3) is 0.667. The predicted octanol–water partition coefficient (Wildman–Crippen LogP) is -2.91. The largest absolute Gasteiger partial charge is 0.387 e. The van der Waals surface area contributed by atoms with E-state index < -0.39 is 29.5 Å². The van der Waals surface area contributed by atoms with Gasteiger partial charge >= 0.3 is 0 Å². The summed E-state index contributed by atoms with van der Waals surface area (Å²) in [7, 11) is 0. The van der Waals surface area contributed by atoms with E-state index in [2.05, 4.69) is 12.6 Å². The zero-order chi connectivity index (χ0) is 10.6. The summed E-state index contributed by atoms with van der Waals surface area (Å²) < 4.78 is 0. The maximum Gasteiger partial charge on any atom is 0.217 e. The summed E-state index contributed by atoms with van der Waals surface area (Å²) >= 11 is 3.19. The van der Waals surface area contributed by atoms with Crippen molar-refractivity contribution >= 4 is 24.0 Å². The van der Waals surface area contributed by atoms with E-state index in [1.807, 2.05) is 0 Å². The summed E-state index contributed by atoms with van der Waals surface area (Å²) in [6, 6.07) is 0. The smallest absolute Gasteiger partial charge is 0.217 e. The number of aliphatic hydroxyl groups excluding tert-OH is 4. The summed E-state index contributed by atoms with van der Waals surface area (Å²) in [6.45, 7) is 0. The summed E-state index contributed by atoms with van der Waals surface area (Å²) in [5.41, 5.74) is 0. The second-order valence-corrected chi connectivity index (χ2v) is 2.83. The van der Waals surface area contributed by atoms with Gasteiger partial charge in [0, 0.05) is 0 Å². The van der Waals surface area contributed by atoms with Gasteiger partial charge in [-0.25, -0.2) is 0 Å². The quantitative estimate of drug-likeness (QED) is 0.245. The molecular formula is C6H10O6S. The zero-order valence-corrected chi connectivity index (χ0v) is 7.33. The Kier molecular flexibility index (Phi) is 5.11. The molecule has 0 aliphatic carbocycles. The highest BCUT2D eigenvalue weighted by molar-refractivity contribution is 7.96. The molecule has 0 fully saturated rings. The Balaban J connectivity index is 4.32. The van der Waals surface area contributed by atoms with Crippen LogP contribution in [-0.4, -0.2) is 56.2 Å². The molecule has 13 heavy (non-hydrogen) atoms. The second-order valence-electron chi connectivity index (χ2n) is 2.39. The van der Waals surface area contributed by atoms with Crippen LogP contribution in [0, 0.1) is 0 Å². The highest BCUT2D eigenvalue weighted by Gasteiger charge is 2.32. The van der Waals surface area contributed by atoms with Gasteiger partial charge in [0.1, 0.15) is 18.3 Å². The first kappa shape index (κ1) is 12.5. The molecule has 0 aromatic carbocycles. The van der Waals surface area contributed by atoms with Crippen molar-refractivity contribution in [2.45, 2.75) is 24.4 Å². The molecule has 0 saturated carbocycles. The molecule has 0 saturated heterocycles. The van der Waals surface area contributed by atoms with E-state index in [0.29, 0.717) is 0 Å². The van der Waals surface area contributed by atoms with Crippen LogP contribution in [0.4, 0.5) is 0 Å². The Labute approximate surface area is 79.2 Å². The molecule has 0 aromatic heterocycles. The second kappa shape index (κ2) is 5.30. The summed E-state index contributed by atoms with van der Waals surface area (Å²) in [5, 5.41) is 34.4. The Bertz CT molecular complexity index is 196. The van der Waals surface area contributed by atoms with Crippen LogP contribution in [0.2, 0.25) is 0 Å². The molecule has 0 amide bonds. The maximum absolute atomic E-state index is 10.4. The van der Waals surface area contributed by atoms with Gasteiger partial charge in [0.2, 0.25) is 5.12 Å². The summed E-state index contributed by atoms with van der Waals surface area (Å²) in [4.78, 5) is 20.3. The third-order valence-corrected chi connectivity index (χ3v) is 1.68. The first-order chi connectivity index (χ1) is 5.91. The first-order valence-electron chi connectivity index (χ1n) is 3.32. The van der Waals surface area contributed by atoms with Crippen molar-refractivity contribution < 1.29 is 30.0 Å². The molecule has 7 heteroatoms. The number of thiol groups is 1. The Morgan fingerprint density at radius 1 is 1.15 bits per heavy atom. The lowest BCUT2D eigenvalue weighted by atomic mass is 10.0. The topological polar surface area (TPSA) is 115 Å². The first-order valence-corrected chi connectivity index (χ1v) is 3.77. The number of aliphatic hydroxyl groups is 4. The van der Waals surface area contributed by atoms with Crippen LogP contribution in [0.5, 0.6) is 0 Å². The van der Waals surface area contributed by atoms with Crippen molar-refractivity contribution in [3.8, 4) is 0 Å². The monoisotopic (exact) mass is 210 g/mol. The Morgan fingerprint density at radius 3 is 1.92 bits per heavy atom. The van der Waals surface area contributed by atoms with Crippen LogP contribution in [0.3, 0.4) is 0 Å². The van der Waals surface area contributed by atoms with Gasteiger partial charge in [-0.05, 0) is 0 Å². The molecular weight excluding hydrogens is 200 g/mol. The molecule has 0 rings (SSSR count). The van der Waals surface area contributed by atoms with Gasteiger partial charge in [0.15, 0.2) is 12.4 Å². The average molecular weight is 210 g/mol. The predicted molar refractivity (Wildman–Crippen MR) is 44.1 cm³/mol. The van der Waals surface area contributed by atoms with Crippen molar-refractivity contribution in [1.29, 1.82) is 0 Å². The summed E-state index contributed by atoms with van der Waals surface area (Å²) in [6.07, 6.45) is -7.66. The van der Waals surface area contributed by atoms with E-state index in [-0.39, 0.29) is 6.29 Å². The molecule has 4 N–H and O–H groups in total. The molecule has 76 valence electrons.